The van der Waals surface area contributed by atoms with Gasteiger partial charge in [-0.15, -0.1) is 11.8 Å². The Morgan fingerprint density at radius 3 is 2.09 bits per heavy atom. The number of nitrogens with one attached hydrogen (secondary N) is 3. The molecule has 5 aromatic rings. The third-order valence-electron chi connectivity index (χ3n) is 6.73. The van der Waals surface area contributed by atoms with Crippen LogP contribution in [0.4, 0.5) is 11.4 Å². The second-order valence-corrected chi connectivity index (χ2v) is 11.5. The monoisotopic (exact) mass is 631 g/mol. The topological polar surface area (TPSA) is 110 Å². The molecule has 0 bridgehead atoms. The van der Waals surface area contributed by atoms with Gasteiger partial charge in [0.15, 0.2) is 0 Å². The van der Waals surface area contributed by atoms with Gasteiger partial charge in [-0.25, -0.2) is 0 Å². The molecule has 4 aromatic carbocycles. The minimum absolute atomic E-state index is 0.0147. The van der Waals surface area contributed by atoms with Crippen LogP contribution in [0.15, 0.2) is 136 Å². The maximum absolute atomic E-state index is 13.4. The van der Waals surface area contributed by atoms with Crippen LogP contribution in [0.2, 0.25) is 0 Å². The second kappa shape index (κ2) is 15.5. The number of furan rings is 1. The van der Waals surface area contributed by atoms with Crippen LogP contribution in [0.1, 0.15) is 30.0 Å². The fraction of sp³-hybridized carbons (Fsp3) is 0.108. The number of amides is 3. The van der Waals surface area contributed by atoms with Gasteiger partial charge < -0.3 is 25.1 Å². The van der Waals surface area contributed by atoms with E-state index >= 15 is 0 Å². The first kappa shape index (κ1) is 31.9. The number of hydrogen-bond acceptors (Lipinski definition) is 6. The predicted octanol–water partition coefficient (Wildman–Crippen LogP) is 7.87. The molecule has 1 aromatic heterocycles. The van der Waals surface area contributed by atoms with E-state index in [0.717, 1.165) is 16.2 Å². The molecule has 0 aliphatic carbocycles. The minimum atomic E-state index is -0.523. The van der Waals surface area contributed by atoms with Gasteiger partial charge in [-0.05, 0) is 86.6 Å². The Labute approximate surface area is 271 Å². The highest BCUT2D eigenvalue weighted by molar-refractivity contribution is 8.00. The first-order chi connectivity index (χ1) is 22.4. The Bertz CT molecular complexity index is 1800. The Hall–Kier alpha value is -5.54. The van der Waals surface area contributed by atoms with E-state index in [1.807, 2.05) is 80.6 Å². The average Bonchev–Trinajstić information content (AvgIpc) is 3.55. The third-order valence-corrected chi connectivity index (χ3v) is 7.84. The number of thioether (sulfide) groups is 1. The lowest BCUT2D eigenvalue weighted by Crippen LogP contribution is -2.30. The molecule has 1 heterocycles. The van der Waals surface area contributed by atoms with Crippen molar-refractivity contribution in [1.29, 1.82) is 0 Å². The lowest BCUT2D eigenvalue weighted by atomic mass is 10.2. The zero-order valence-electron chi connectivity index (χ0n) is 25.4. The van der Waals surface area contributed by atoms with Gasteiger partial charge in [0, 0.05) is 33.5 Å². The lowest BCUT2D eigenvalue weighted by molar-refractivity contribution is -0.115. The van der Waals surface area contributed by atoms with Crippen LogP contribution in [-0.2, 0) is 9.59 Å². The maximum Gasteiger partial charge on any atom is 0.272 e. The van der Waals surface area contributed by atoms with Crippen LogP contribution < -0.4 is 20.7 Å². The smallest absolute Gasteiger partial charge is 0.272 e. The zero-order valence-corrected chi connectivity index (χ0v) is 26.2. The van der Waals surface area contributed by atoms with Crippen LogP contribution >= 0.6 is 11.8 Å². The molecular weight excluding hydrogens is 598 g/mol. The van der Waals surface area contributed by atoms with Crippen molar-refractivity contribution in [2.75, 3.05) is 17.2 Å². The molecule has 0 unspecified atom stereocenters. The summed E-state index contributed by atoms with van der Waals surface area (Å²) in [6.07, 6.45) is 1.50. The summed E-state index contributed by atoms with van der Waals surface area (Å²) >= 11 is 1.39. The van der Waals surface area contributed by atoms with E-state index in [1.54, 1.807) is 54.6 Å². The molecule has 9 heteroatoms. The molecule has 3 amide bonds. The summed E-state index contributed by atoms with van der Waals surface area (Å²) in [5, 5.41) is 8.12. The van der Waals surface area contributed by atoms with Crippen molar-refractivity contribution < 1.29 is 23.5 Å². The van der Waals surface area contributed by atoms with Gasteiger partial charge in [-0.1, -0.05) is 48.5 Å². The summed E-state index contributed by atoms with van der Waals surface area (Å²) < 4.78 is 11.4. The van der Waals surface area contributed by atoms with Gasteiger partial charge in [0.2, 0.25) is 5.91 Å². The van der Waals surface area contributed by atoms with Gasteiger partial charge in [-0.3, -0.25) is 14.4 Å². The van der Waals surface area contributed by atoms with E-state index in [1.165, 1.54) is 17.8 Å². The SMILES string of the molecule is CCOc1ccc(NC(=O)[C@@H](C)Sc2ccc(NC(=O)/C(=C/c3ccc(-c4ccccc4)o3)NC(=O)c3ccccc3)cc2)cc1. The van der Waals surface area contributed by atoms with Gasteiger partial charge in [0.25, 0.3) is 11.8 Å². The Balaban J connectivity index is 1.25. The maximum atomic E-state index is 13.4. The molecule has 46 heavy (non-hydrogen) atoms. The van der Waals surface area contributed by atoms with E-state index in [2.05, 4.69) is 16.0 Å². The quantitative estimate of drug-likeness (QED) is 0.0955. The van der Waals surface area contributed by atoms with Crippen LogP contribution in [0, 0.1) is 0 Å². The number of carbonyl (C=O) groups is 3. The van der Waals surface area contributed by atoms with Gasteiger partial charge >= 0.3 is 0 Å². The molecule has 0 spiro atoms. The Kier molecular flexibility index (Phi) is 10.7. The van der Waals surface area contributed by atoms with Crippen molar-refractivity contribution in [2.24, 2.45) is 0 Å². The Morgan fingerprint density at radius 1 is 0.783 bits per heavy atom. The fourth-order valence-electron chi connectivity index (χ4n) is 4.39. The van der Waals surface area contributed by atoms with Crippen molar-refractivity contribution in [3.63, 3.8) is 0 Å². The van der Waals surface area contributed by atoms with Crippen LogP contribution in [-0.4, -0.2) is 29.6 Å². The number of rotatable bonds is 12. The highest BCUT2D eigenvalue weighted by Crippen LogP contribution is 2.27. The molecule has 0 aliphatic heterocycles. The highest BCUT2D eigenvalue weighted by Gasteiger charge is 2.18. The van der Waals surface area contributed by atoms with Gasteiger partial charge in [-0.2, -0.15) is 0 Å². The lowest BCUT2D eigenvalue weighted by Gasteiger charge is -2.14. The van der Waals surface area contributed by atoms with Crippen molar-refractivity contribution in [2.45, 2.75) is 24.0 Å². The summed E-state index contributed by atoms with van der Waals surface area (Å²) in [5.74, 6) is 0.697. The summed E-state index contributed by atoms with van der Waals surface area (Å²) in [6.45, 7) is 4.32. The van der Waals surface area contributed by atoms with E-state index in [0.29, 0.717) is 35.1 Å². The fourth-order valence-corrected chi connectivity index (χ4v) is 5.26. The summed E-state index contributed by atoms with van der Waals surface area (Å²) in [5.41, 5.74) is 2.52. The number of ether oxygens (including phenoxy) is 1. The largest absolute Gasteiger partial charge is 0.494 e. The van der Waals surface area contributed by atoms with E-state index in [9.17, 15) is 14.4 Å². The minimum Gasteiger partial charge on any atom is -0.494 e. The molecule has 232 valence electrons. The number of hydrogen-bond donors (Lipinski definition) is 3. The van der Waals surface area contributed by atoms with Crippen molar-refractivity contribution in [1.82, 2.24) is 5.32 Å². The molecule has 0 aliphatic rings. The second-order valence-electron chi connectivity index (χ2n) is 10.1. The molecule has 0 saturated carbocycles. The summed E-state index contributed by atoms with van der Waals surface area (Å²) in [4.78, 5) is 40.0. The van der Waals surface area contributed by atoms with E-state index in [-0.39, 0.29) is 16.9 Å². The highest BCUT2D eigenvalue weighted by atomic mass is 32.2. The molecule has 3 N–H and O–H groups in total. The standard InChI is InChI=1S/C37H33N3O5S/c1-3-44-30-18-14-28(15-19-30)38-35(41)25(2)46-32-21-16-29(17-22-32)39-37(43)33(40-36(42)27-12-8-5-9-13-27)24-31-20-23-34(45-31)26-10-6-4-7-11-26/h4-25H,3H2,1-2H3,(H,38,41)(H,39,43)(H,40,42)/b33-24-/t25-/m1/s1. The molecule has 5 rings (SSSR count). The molecule has 0 radical (unpaired) electrons. The average molecular weight is 632 g/mol. The van der Waals surface area contributed by atoms with Crippen LogP contribution in [0.3, 0.4) is 0 Å². The van der Waals surface area contributed by atoms with Crippen molar-refractivity contribution in [3.05, 3.63) is 138 Å². The molecule has 1 atom stereocenters. The molecule has 8 nitrogen and oxygen atoms in total. The van der Waals surface area contributed by atoms with Crippen LogP contribution in [0.5, 0.6) is 5.75 Å². The number of benzene rings is 4. The number of anilines is 2. The van der Waals surface area contributed by atoms with Gasteiger partial charge in [0.1, 0.15) is 23.0 Å². The van der Waals surface area contributed by atoms with Crippen molar-refractivity contribution in [3.8, 4) is 17.1 Å². The predicted molar refractivity (Wildman–Crippen MR) is 183 cm³/mol. The molecular formula is C37H33N3O5S. The molecule has 0 fully saturated rings. The Morgan fingerprint density at radius 2 is 1.41 bits per heavy atom. The van der Waals surface area contributed by atoms with Crippen molar-refractivity contribution >= 4 is 46.9 Å². The van der Waals surface area contributed by atoms with E-state index < -0.39 is 11.8 Å². The first-order valence-electron chi connectivity index (χ1n) is 14.7. The van der Waals surface area contributed by atoms with Crippen LogP contribution in [0.25, 0.3) is 17.4 Å². The normalized spacial score (nSPS) is 11.7. The van der Waals surface area contributed by atoms with E-state index in [4.69, 9.17) is 9.15 Å². The molecule has 0 saturated heterocycles. The van der Waals surface area contributed by atoms with Gasteiger partial charge in [0.05, 0.1) is 11.9 Å². The summed E-state index contributed by atoms with van der Waals surface area (Å²) in [6, 6.07) is 36.2. The number of carbonyl (C=O) groups excluding carboxylic acids is 3. The third kappa shape index (κ3) is 8.77. The zero-order chi connectivity index (χ0) is 32.3. The summed E-state index contributed by atoms with van der Waals surface area (Å²) in [7, 11) is 0. The first-order valence-corrected chi connectivity index (χ1v) is 15.6.